The molecule has 8 nitrogen and oxygen atoms in total. The molecule has 1 heterocycles. The Kier molecular flexibility index (Phi) is 13.5. The number of nitrogens with zero attached hydrogens (tertiary/aromatic N) is 2. The second kappa shape index (κ2) is 18.8. The summed E-state index contributed by atoms with van der Waals surface area (Å²) in [7, 11) is 0. The molecule has 6 rings (SSSR count). The van der Waals surface area contributed by atoms with Crippen LogP contribution in [-0.2, 0) is 18.0 Å². The maximum Gasteiger partial charge on any atom is 0.336 e. The normalized spacial score (nSPS) is 13.0. The topological polar surface area (TPSA) is 88.5 Å². The Hall–Kier alpha value is -5.60. The number of rotatable bonds is 16. The van der Waals surface area contributed by atoms with Gasteiger partial charge in [-0.05, 0) is 103 Å². The van der Waals surface area contributed by atoms with E-state index in [1.165, 1.54) is 0 Å². The largest absolute Gasteiger partial charge is 0.488 e. The Labute approximate surface area is 331 Å². The molecule has 8 heteroatoms. The number of carboxylic acid groups (broad SMARTS) is 1. The van der Waals surface area contributed by atoms with Gasteiger partial charge in [-0.2, -0.15) is 0 Å². The summed E-state index contributed by atoms with van der Waals surface area (Å²) in [5.74, 6) is 0.112. The van der Waals surface area contributed by atoms with Gasteiger partial charge in [0.25, 0.3) is 5.91 Å². The van der Waals surface area contributed by atoms with Crippen LogP contribution in [0, 0.1) is 6.92 Å². The predicted octanol–water partition coefficient (Wildman–Crippen LogP) is 10.7. The second-order valence-corrected chi connectivity index (χ2v) is 14.7. The smallest absolute Gasteiger partial charge is 0.336 e. The van der Waals surface area contributed by atoms with Gasteiger partial charge < -0.3 is 29.1 Å². The molecule has 0 unspecified atom stereocenters. The van der Waals surface area contributed by atoms with Crippen LogP contribution in [0.15, 0.2) is 109 Å². The summed E-state index contributed by atoms with van der Waals surface area (Å²) < 4.78 is 18.5. The van der Waals surface area contributed by atoms with Gasteiger partial charge >= 0.3 is 5.97 Å². The Bertz CT molecular complexity index is 2080. The van der Waals surface area contributed by atoms with Crippen molar-refractivity contribution in [1.82, 2.24) is 0 Å². The van der Waals surface area contributed by atoms with Crippen LogP contribution in [0.25, 0.3) is 11.1 Å². The summed E-state index contributed by atoms with van der Waals surface area (Å²) in [6, 6.07) is 35.7. The molecule has 1 saturated heterocycles. The Morgan fingerprint density at radius 1 is 0.768 bits per heavy atom. The molecule has 1 aliphatic rings. The summed E-state index contributed by atoms with van der Waals surface area (Å²) in [6.07, 6.45) is 2.54. The predicted molar refractivity (Wildman–Crippen MR) is 224 cm³/mol. The van der Waals surface area contributed by atoms with Gasteiger partial charge in [0, 0.05) is 49.8 Å². The first kappa shape index (κ1) is 40.1. The van der Waals surface area contributed by atoms with Crippen molar-refractivity contribution >= 4 is 23.3 Å². The van der Waals surface area contributed by atoms with E-state index in [4.69, 9.17) is 14.2 Å². The zero-order chi connectivity index (χ0) is 39.6. The molecule has 0 spiro atoms. The monoisotopic (exact) mass is 754 g/mol. The van der Waals surface area contributed by atoms with Crippen molar-refractivity contribution in [3.8, 4) is 22.6 Å². The van der Waals surface area contributed by atoms with E-state index in [2.05, 4.69) is 38.7 Å². The summed E-state index contributed by atoms with van der Waals surface area (Å²) in [6.45, 7) is 13.6. The zero-order valence-corrected chi connectivity index (χ0v) is 33.3. The van der Waals surface area contributed by atoms with Crippen molar-refractivity contribution in [2.45, 2.75) is 79.1 Å². The van der Waals surface area contributed by atoms with Crippen LogP contribution in [0.1, 0.15) is 95.8 Å². The fourth-order valence-corrected chi connectivity index (χ4v) is 7.47. The van der Waals surface area contributed by atoms with Crippen molar-refractivity contribution in [3.05, 3.63) is 143 Å². The molecular formula is C48H54N2O6. The second-order valence-electron chi connectivity index (χ2n) is 14.7. The van der Waals surface area contributed by atoms with Crippen molar-refractivity contribution in [2.24, 2.45) is 0 Å². The average molecular weight is 755 g/mol. The van der Waals surface area contributed by atoms with E-state index in [0.717, 1.165) is 70.6 Å². The molecule has 0 saturated carbocycles. The van der Waals surface area contributed by atoms with Crippen molar-refractivity contribution in [1.29, 1.82) is 0 Å². The van der Waals surface area contributed by atoms with E-state index in [1.54, 1.807) is 11.0 Å². The lowest BCUT2D eigenvalue weighted by molar-refractivity contribution is 0.0695. The third-order valence-corrected chi connectivity index (χ3v) is 10.5. The van der Waals surface area contributed by atoms with E-state index < -0.39 is 5.97 Å². The minimum absolute atomic E-state index is 0.0829. The molecule has 1 fully saturated rings. The highest BCUT2D eigenvalue weighted by Crippen LogP contribution is 2.38. The molecule has 0 atom stereocenters. The zero-order valence-electron chi connectivity index (χ0n) is 33.3. The number of amides is 1. The van der Waals surface area contributed by atoms with E-state index in [9.17, 15) is 14.7 Å². The SMILES string of the molecule is CCCN(C(=O)c1cc(C(C)C)c(OCc2ccccc2)cc1OCc1ccccc1)c1ccc(-c2cc(C(=O)O)c(C)c(N(CC)C3CCOCC3)c2)cc1. The Balaban J connectivity index is 1.35. The maximum absolute atomic E-state index is 14.8. The standard InChI is InChI=1S/C48H54N2O6/c1-6-24-50(39-20-18-37(19-21-39)38-27-42(48(52)53)34(5)44(28-38)49(7-2)40-22-25-54-26-23-40)47(51)43-29-41(33(3)4)45(55-31-35-14-10-8-11-15-35)30-46(43)56-32-36-16-12-9-13-17-36/h8-21,27-30,33,40H,6-7,22-26,31-32H2,1-5H3,(H,52,53). The van der Waals surface area contributed by atoms with E-state index in [1.807, 2.05) is 104 Å². The van der Waals surface area contributed by atoms with Crippen LogP contribution in [-0.4, -0.2) is 49.3 Å². The highest BCUT2D eigenvalue weighted by Gasteiger charge is 2.27. The first-order chi connectivity index (χ1) is 27.2. The third kappa shape index (κ3) is 9.43. The minimum atomic E-state index is -0.951. The van der Waals surface area contributed by atoms with Gasteiger partial charge in [-0.25, -0.2) is 4.79 Å². The maximum atomic E-state index is 14.8. The Morgan fingerprint density at radius 2 is 1.38 bits per heavy atom. The lowest BCUT2D eigenvalue weighted by atomic mass is 9.95. The number of anilines is 2. The molecule has 0 radical (unpaired) electrons. The molecule has 5 aromatic carbocycles. The van der Waals surface area contributed by atoms with Gasteiger partial charge in [0.1, 0.15) is 24.7 Å². The lowest BCUT2D eigenvalue weighted by Crippen LogP contribution is -2.40. The van der Waals surface area contributed by atoms with Gasteiger partial charge in [-0.3, -0.25) is 4.79 Å². The fraction of sp³-hybridized carbons (Fsp3) is 0.333. The first-order valence-corrected chi connectivity index (χ1v) is 19.8. The summed E-state index contributed by atoms with van der Waals surface area (Å²) in [5.41, 5.74) is 7.85. The molecule has 0 aromatic heterocycles. The van der Waals surface area contributed by atoms with Crippen molar-refractivity contribution in [2.75, 3.05) is 36.1 Å². The molecule has 56 heavy (non-hydrogen) atoms. The first-order valence-electron chi connectivity index (χ1n) is 19.8. The van der Waals surface area contributed by atoms with Crippen LogP contribution in [0.2, 0.25) is 0 Å². The van der Waals surface area contributed by atoms with Gasteiger partial charge in [0.2, 0.25) is 0 Å². The molecule has 0 bridgehead atoms. The minimum Gasteiger partial charge on any atom is -0.488 e. The number of ether oxygens (including phenoxy) is 3. The number of carboxylic acids is 1. The van der Waals surface area contributed by atoms with Crippen molar-refractivity contribution in [3.63, 3.8) is 0 Å². The van der Waals surface area contributed by atoms with Gasteiger partial charge in [0.15, 0.2) is 0 Å². The van der Waals surface area contributed by atoms with Crippen molar-refractivity contribution < 1.29 is 28.9 Å². The quantitative estimate of drug-likeness (QED) is 0.107. The summed E-state index contributed by atoms with van der Waals surface area (Å²) in [4.78, 5) is 31.4. The highest BCUT2D eigenvalue weighted by molar-refractivity contribution is 6.08. The highest BCUT2D eigenvalue weighted by atomic mass is 16.5. The number of benzene rings is 5. The number of carbonyl (C=O) groups is 2. The number of carbonyl (C=O) groups excluding carboxylic acids is 1. The molecule has 1 aliphatic heterocycles. The summed E-state index contributed by atoms with van der Waals surface area (Å²) in [5, 5.41) is 10.2. The molecule has 0 aliphatic carbocycles. The summed E-state index contributed by atoms with van der Waals surface area (Å²) >= 11 is 0. The third-order valence-electron chi connectivity index (χ3n) is 10.5. The van der Waals surface area contributed by atoms with Crippen LogP contribution in [0.4, 0.5) is 11.4 Å². The molecular weight excluding hydrogens is 701 g/mol. The lowest BCUT2D eigenvalue weighted by Gasteiger charge is -2.36. The van der Waals surface area contributed by atoms with E-state index >= 15 is 0 Å². The average Bonchev–Trinajstić information content (AvgIpc) is 3.22. The van der Waals surface area contributed by atoms with E-state index in [-0.39, 0.29) is 23.4 Å². The van der Waals surface area contributed by atoms with Gasteiger partial charge in [-0.15, -0.1) is 0 Å². The number of hydrogen-bond acceptors (Lipinski definition) is 6. The van der Waals surface area contributed by atoms with Gasteiger partial charge in [-0.1, -0.05) is 93.6 Å². The van der Waals surface area contributed by atoms with Gasteiger partial charge in [0.05, 0.1) is 11.1 Å². The Morgan fingerprint density at radius 3 is 1.93 bits per heavy atom. The van der Waals surface area contributed by atoms with Crippen LogP contribution in [0.5, 0.6) is 11.5 Å². The molecule has 5 aromatic rings. The molecule has 1 amide bonds. The van der Waals surface area contributed by atoms with Crippen LogP contribution < -0.4 is 19.3 Å². The fourth-order valence-electron chi connectivity index (χ4n) is 7.47. The van der Waals surface area contributed by atoms with Crippen LogP contribution in [0.3, 0.4) is 0 Å². The molecule has 1 N–H and O–H groups in total. The van der Waals surface area contributed by atoms with E-state index in [0.29, 0.717) is 50.0 Å². The van der Waals surface area contributed by atoms with Crippen LogP contribution >= 0.6 is 0 Å². The number of hydrogen-bond donors (Lipinski definition) is 1. The molecule has 292 valence electrons. The number of aromatic carboxylic acids is 1.